The van der Waals surface area contributed by atoms with Crippen molar-refractivity contribution in [3.8, 4) is 0 Å². The van der Waals surface area contributed by atoms with Crippen molar-refractivity contribution in [3.63, 3.8) is 0 Å². The van der Waals surface area contributed by atoms with Crippen molar-refractivity contribution in [2.24, 2.45) is 11.7 Å². The number of hydrogen-bond acceptors (Lipinski definition) is 6. The van der Waals surface area contributed by atoms with Gasteiger partial charge in [-0.05, 0) is 88.1 Å². The van der Waals surface area contributed by atoms with Gasteiger partial charge in [0, 0.05) is 42.3 Å². The van der Waals surface area contributed by atoms with E-state index in [0.29, 0.717) is 50.0 Å². The summed E-state index contributed by atoms with van der Waals surface area (Å²) in [5.74, 6) is -1.54. The molecule has 8 nitrogen and oxygen atoms in total. The molecule has 1 unspecified atom stereocenters. The average molecular weight is 605 g/mol. The second kappa shape index (κ2) is 13.1. The van der Waals surface area contributed by atoms with Crippen LogP contribution in [0.3, 0.4) is 0 Å². The fourth-order valence-electron chi connectivity index (χ4n) is 7.07. The molecule has 2 aromatic rings. The van der Waals surface area contributed by atoms with E-state index in [1.165, 1.54) is 24.3 Å². The van der Waals surface area contributed by atoms with Gasteiger partial charge < -0.3 is 21.1 Å². The molecule has 7 atom stereocenters. The first-order valence-electron chi connectivity index (χ1n) is 15.0. The van der Waals surface area contributed by atoms with Gasteiger partial charge in [0.25, 0.3) is 0 Å². The number of piperazine rings is 1. The van der Waals surface area contributed by atoms with Crippen molar-refractivity contribution in [2.75, 3.05) is 24.2 Å². The van der Waals surface area contributed by atoms with E-state index >= 15 is 4.39 Å². The third-order valence-electron chi connectivity index (χ3n) is 9.05. The van der Waals surface area contributed by atoms with Crippen LogP contribution < -0.4 is 16.4 Å². The average Bonchev–Trinajstić information content (AvgIpc) is 3.05. The summed E-state index contributed by atoms with van der Waals surface area (Å²) in [4.78, 5) is 13.7. The molecule has 2 aromatic carbocycles. The molecule has 42 heavy (non-hydrogen) atoms. The molecule has 3 fully saturated rings. The predicted molar refractivity (Wildman–Crippen MR) is 159 cm³/mol. The second-order valence-electron chi connectivity index (χ2n) is 12.2. The highest BCUT2D eigenvalue weighted by Crippen LogP contribution is 2.39. The fourth-order valence-corrected chi connectivity index (χ4v) is 8.88. The van der Waals surface area contributed by atoms with E-state index in [4.69, 9.17) is 10.5 Å². The lowest BCUT2D eigenvalue weighted by atomic mass is 9.74. The summed E-state index contributed by atoms with van der Waals surface area (Å²) in [7, 11) is -3.37. The van der Waals surface area contributed by atoms with Crippen molar-refractivity contribution in [1.29, 1.82) is 0 Å². The molecule has 0 aromatic heterocycles. The van der Waals surface area contributed by atoms with E-state index in [0.717, 1.165) is 12.0 Å². The van der Waals surface area contributed by atoms with Gasteiger partial charge in [-0.3, -0.25) is 4.79 Å². The maximum absolute atomic E-state index is 15.2. The number of nitrogens with one attached hydrogen (secondary N) is 2. The third-order valence-corrected chi connectivity index (χ3v) is 11.0. The first-order chi connectivity index (χ1) is 20.0. The Hall–Kier alpha value is -2.44. The highest BCUT2D eigenvalue weighted by Gasteiger charge is 2.39. The van der Waals surface area contributed by atoms with Gasteiger partial charge in [-0.25, -0.2) is 17.2 Å². The number of benzene rings is 2. The Kier molecular flexibility index (Phi) is 9.63. The molecule has 11 heteroatoms. The van der Waals surface area contributed by atoms with E-state index < -0.39 is 33.7 Å². The van der Waals surface area contributed by atoms with E-state index in [9.17, 15) is 17.6 Å². The number of nitrogens with zero attached hydrogens (tertiary/aromatic N) is 1. The summed E-state index contributed by atoms with van der Waals surface area (Å²) in [5, 5.41) is 6.32. The molecule has 2 bridgehead atoms. The van der Waals surface area contributed by atoms with Crippen LogP contribution in [0.2, 0.25) is 0 Å². The quantitative estimate of drug-likeness (QED) is 0.421. The van der Waals surface area contributed by atoms with Crippen LogP contribution in [0.1, 0.15) is 63.0 Å². The first kappa shape index (κ1) is 31.0. The van der Waals surface area contributed by atoms with Crippen LogP contribution in [0.25, 0.3) is 0 Å². The number of anilines is 1. The van der Waals surface area contributed by atoms with Crippen LogP contribution >= 0.6 is 0 Å². The molecule has 5 rings (SSSR count). The standard InChI is InChI=1S/C31H42F2N4O4S/c1-19-15-22(16-20(2)41-19)29(21-8-10-23(32)11-9-21)30(34)31(38)36-28-7-3-6-27(33)26(28)13-12-25-17-35-24-5-4-14-42(39,40)37(25)18-24/h3,6-11,19-20,22,24-25,29-30,35H,4-5,12-18,34H2,1-2H3,(H,36,38)/t19-,20-,24-,25+,29+,30+/m1/s1. The molecular formula is C31H42F2N4O4S. The lowest BCUT2D eigenvalue weighted by Gasteiger charge is -2.39. The van der Waals surface area contributed by atoms with Crippen molar-refractivity contribution in [2.45, 2.75) is 88.6 Å². The number of halogens is 2. The van der Waals surface area contributed by atoms with Gasteiger partial charge in [0.1, 0.15) is 11.6 Å². The van der Waals surface area contributed by atoms with E-state index in [-0.39, 0.29) is 48.2 Å². The van der Waals surface area contributed by atoms with Gasteiger partial charge >= 0.3 is 0 Å². The highest BCUT2D eigenvalue weighted by molar-refractivity contribution is 7.89. The molecule has 4 N–H and O–H groups in total. The molecule has 3 heterocycles. The van der Waals surface area contributed by atoms with Crippen molar-refractivity contribution in [3.05, 3.63) is 65.2 Å². The first-order valence-corrected chi connectivity index (χ1v) is 16.6. The minimum Gasteiger partial charge on any atom is -0.376 e. The molecular weight excluding hydrogens is 562 g/mol. The summed E-state index contributed by atoms with van der Waals surface area (Å²) in [5.41, 5.74) is 8.07. The Balaban J connectivity index is 1.34. The summed E-state index contributed by atoms with van der Waals surface area (Å²) in [6, 6.07) is 9.47. The summed E-state index contributed by atoms with van der Waals surface area (Å²) in [6.07, 6.45) is 3.48. The molecule has 230 valence electrons. The van der Waals surface area contributed by atoms with Crippen LogP contribution in [-0.2, 0) is 26.0 Å². The summed E-state index contributed by atoms with van der Waals surface area (Å²) >= 11 is 0. The number of amides is 1. The Morgan fingerprint density at radius 3 is 2.57 bits per heavy atom. The van der Waals surface area contributed by atoms with Crippen molar-refractivity contribution in [1.82, 2.24) is 9.62 Å². The topological polar surface area (TPSA) is 114 Å². The molecule has 1 amide bonds. The Morgan fingerprint density at radius 1 is 1.14 bits per heavy atom. The van der Waals surface area contributed by atoms with E-state index in [1.807, 2.05) is 13.8 Å². The number of carbonyl (C=O) groups excluding carboxylic acids is 1. The number of nitrogens with two attached hydrogens (primary N) is 1. The normalized spacial score (nSPS) is 30.6. The Bertz CT molecular complexity index is 1350. The zero-order valence-corrected chi connectivity index (χ0v) is 25.1. The largest absolute Gasteiger partial charge is 0.376 e. The van der Waals surface area contributed by atoms with E-state index in [1.54, 1.807) is 22.5 Å². The monoisotopic (exact) mass is 604 g/mol. The number of carbonyl (C=O) groups is 1. The van der Waals surface area contributed by atoms with Gasteiger partial charge in [0.05, 0.1) is 24.0 Å². The molecule has 3 aliphatic heterocycles. The number of fused-ring (bicyclic) bond motifs is 2. The van der Waals surface area contributed by atoms with Crippen molar-refractivity contribution >= 4 is 21.6 Å². The molecule has 3 saturated heterocycles. The number of ether oxygens (including phenoxy) is 1. The summed E-state index contributed by atoms with van der Waals surface area (Å²) in [6.45, 7) is 4.92. The minimum atomic E-state index is -3.37. The van der Waals surface area contributed by atoms with Crippen LogP contribution in [0.4, 0.5) is 14.5 Å². The molecule has 0 radical (unpaired) electrons. The van der Waals surface area contributed by atoms with Gasteiger partial charge in [-0.2, -0.15) is 4.31 Å². The van der Waals surface area contributed by atoms with Gasteiger partial charge in [0.2, 0.25) is 15.9 Å². The fraction of sp³-hybridized carbons (Fsp3) is 0.581. The Labute approximate surface area is 247 Å². The predicted octanol–water partition coefficient (Wildman–Crippen LogP) is 3.92. The lowest BCUT2D eigenvalue weighted by molar-refractivity contribution is -0.119. The van der Waals surface area contributed by atoms with Crippen LogP contribution in [0, 0.1) is 17.6 Å². The number of rotatable bonds is 8. The van der Waals surface area contributed by atoms with Gasteiger partial charge in [-0.15, -0.1) is 0 Å². The lowest BCUT2D eigenvalue weighted by Crippen LogP contribution is -2.57. The van der Waals surface area contributed by atoms with Gasteiger partial charge in [0.15, 0.2) is 0 Å². The summed E-state index contributed by atoms with van der Waals surface area (Å²) < 4.78 is 62.2. The second-order valence-corrected chi connectivity index (χ2v) is 14.2. The zero-order valence-electron chi connectivity index (χ0n) is 24.3. The van der Waals surface area contributed by atoms with Crippen LogP contribution in [0.5, 0.6) is 0 Å². The van der Waals surface area contributed by atoms with Crippen molar-refractivity contribution < 1.29 is 26.7 Å². The maximum Gasteiger partial charge on any atom is 0.241 e. The smallest absolute Gasteiger partial charge is 0.241 e. The highest BCUT2D eigenvalue weighted by atomic mass is 32.2. The van der Waals surface area contributed by atoms with Crippen LogP contribution in [-0.4, -0.2) is 67.8 Å². The molecule has 0 aliphatic carbocycles. The molecule has 0 saturated carbocycles. The molecule has 0 spiro atoms. The molecule has 3 aliphatic rings. The maximum atomic E-state index is 15.2. The third kappa shape index (κ3) is 7.02. The van der Waals surface area contributed by atoms with E-state index in [2.05, 4.69) is 10.6 Å². The number of sulfonamides is 1. The Morgan fingerprint density at radius 2 is 1.86 bits per heavy atom. The van der Waals surface area contributed by atoms with Gasteiger partial charge in [-0.1, -0.05) is 18.2 Å². The minimum absolute atomic E-state index is 0.00986. The SMILES string of the molecule is C[C@@H]1CC([C@H](c2ccc(F)cc2)[C@H](N)C(=O)Nc2cccc(F)c2CC[C@H]2CN[C@@H]3CCCS(=O)(=O)N2C3)C[C@@H](C)O1. The zero-order chi connectivity index (χ0) is 30.0. The van der Waals surface area contributed by atoms with Crippen LogP contribution in [0.15, 0.2) is 42.5 Å². The number of hydrogen-bond donors (Lipinski definition) is 3.